The van der Waals surface area contributed by atoms with E-state index in [-0.39, 0.29) is 23.0 Å². The van der Waals surface area contributed by atoms with Gasteiger partial charge in [0.1, 0.15) is 0 Å². The zero-order valence-corrected chi connectivity index (χ0v) is 22.3. The van der Waals surface area contributed by atoms with Crippen LogP contribution in [0.5, 0.6) is 0 Å². The lowest BCUT2D eigenvalue weighted by Crippen LogP contribution is -2.53. The van der Waals surface area contributed by atoms with Gasteiger partial charge in [-0.3, -0.25) is 14.2 Å². The molecular weight excluding hydrogens is 494 g/mol. The SMILES string of the molecule is O=C(CSc1nnc(CNC(=O)C23CC4CC(CC(C4)C2)C3)n1-c1ccccc1)N1CCc2ccccc21. The molecule has 38 heavy (non-hydrogen) atoms. The lowest BCUT2D eigenvalue weighted by molar-refractivity contribution is -0.146. The topological polar surface area (TPSA) is 80.1 Å². The Morgan fingerprint density at radius 3 is 2.34 bits per heavy atom. The molecule has 5 aliphatic rings. The number of aromatic nitrogens is 3. The first-order valence-corrected chi connectivity index (χ1v) is 14.9. The predicted octanol–water partition coefficient (Wildman–Crippen LogP) is 4.78. The molecule has 1 aliphatic heterocycles. The van der Waals surface area contributed by atoms with E-state index in [1.807, 2.05) is 58.0 Å². The van der Waals surface area contributed by atoms with Crippen LogP contribution in [0.15, 0.2) is 59.8 Å². The summed E-state index contributed by atoms with van der Waals surface area (Å²) in [5.41, 5.74) is 2.96. The highest BCUT2D eigenvalue weighted by Gasteiger charge is 2.54. The second-order valence-electron chi connectivity index (χ2n) is 11.7. The van der Waals surface area contributed by atoms with Gasteiger partial charge in [-0.25, -0.2) is 0 Å². The molecule has 2 heterocycles. The van der Waals surface area contributed by atoms with E-state index in [9.17, 15) is 9.59 Å². The normalized spacial score (nSPS) is 26.9. The molecule has 0 spiro atoms. The molecule has 1 aromatic heterocycles. The molecule has 2 aromatic carbocycles. The number of anilines is 1. The van der Waals surface area contributed by atoms with Gasteiger partial charge < -0.3 is 10.2 Å². The molecule has 4 fully saturated rings. The fourth-order valence-corrected chi connectivity index (χ4v) is 8.73. The Labute approximate surface area is 227 Å². The third-order valence-electron chi connectivity index (χ3n) is 9.15. The lowest BCUT2D eigenvalue weighted by Gasteiger charge is -2.55. The molecule has 8 heteroatoms. The van der Waals surface area contributed by atoms with Crippen molar-refractivity contribution in [2.45, 2.75) is 56.6 Å². The van der Waals surface area contributed by atoms with Gasteiger partial charge in [-0.2, -0.15) is 0 Å². The van der Waals surface area contributed by atoms with E-state index in [0.29, 0.717) is 24.1 Å². The summed E-state index contributed by atoms with van der Waals surface area (Å²) in [5, 5.41) is 12.9. The van der Waals surface area contributed by atoms with Gasteiger partial charge in [-0.1, -0.05) is 48.2 Å². The monoisotopic (exact) mass is 527 g/mol. The van der Waals surface area contributed by atoms with Gasteiger partial charge in [0, 0.05) is 23.3 Å². The van der Waals surface area contributed by atoms with E-state index in [0.717, 1.165) is 54.8 Å². The quantitative estimate of drug-likeness (QED) is 0.447. The van der Waals surface area contributed by atoms with E-state index in [2.05, 4.69) is 21.6 Å². The number of hydrogen-bond acceptors (Lipinski definition) is 5. The van der Waals surface area contributed by atoms with Gasteiger partial charge in [0.2, 0.25) is 11.8 Å². The molecule has 4 bridgehead atoms. The minimum Gasteiger partial charge on any atom is -0.348 e. The van der Waals surface area contributed by atoms with Crippen LogP contribution in [-0.4, -0.2) is 38.9 Å². The molecule has 0 atom stereocenters. The zero-order valence-electron chi connectivity index (χ0n) is 21.5. The Morgan fingerprint density at radius 2 is 1.61 bits per heavy atom. The van der Waals surface area contributed by atoms with Crippen LogP contribution < -0.4 is 10.2 Å². The molecule has 0 radical (unpaired) electrons. The van der Waals surface area contributed by atoms with Crippen molar-refractivity contribution in [3.8, 4) is 5.69 Å². The maximum atomic E-state index is 13.6. The number of carbonyl (C=O) groups excluding carboxylic acids is 2. The molecule has 4 saturated carbocycles. The number of fused-ring (bicyclic) bond motifs is 1. The molecule has 8 rings (SSSR count). The Bertz CT molecular complexity index is 1330. The number of para-hydroxylation sites is 2. The van der Waals surface area contributed by atoms with Crippen LogP contribution in [0, 0.1) is 23.2 Å². The fraction of sp³-hybridized carbons (Fsp3) is 0.467. The average Bonchev–Trinajstić information content (AvgIpc) is 3.54. The molecule has 0 saturated heterocycles. The van der Waals surface area contributed by atoms with Gasteiger partial charge in [-0.15, -0.1) is 10.2 Å². The number of rotatable bonds is 7. The standard InChI is InChI=1S/C30H33N5O2S/c36-27(34-11-10-23-6-4-5-9-25(23)34)19-38-29-33-32-26(35(29)24-7-2-1-3-8-24)18-31-28(37)30-15-20-12-21(16-30)14-22(13-20)17-30/h1-9,20-22H,10-19H2,(H,31,37). The summed E-state index contributed by atoms with van der Waals surface area (Å²) in [7, 11) is 0. The van der Waals surface area contributed by atoms with Crippen molar-refractivity contribution in [1.29, 1.82) is 0 Å². The van der Waals surface area contributed by atoms with Crippen molar-refractivity contribution < 1.29 is 9.59 Å². The number of carbonyl (C=O) groups is 2. The van der Waals surface area contributed by atoms with Crippen LogP contribution in [0.2, 0.25) is 0 Å². The Morgan fingerprint density at radius 1 is 0.921 bits per heavy atom. The molecule has 4 aliphatic carbocycles. The van der Waals surface area contributed by atoms with E-state index in [1.165, 1.54) is 36.6 Å². The van der Waals surface area contributed by atoms with E-state index >= 15 is 0 Å². The van der Waals surface area contributed by atoms with Crippen LogP contribution in [0.1, 0.15) is 49.9 Å². The number of hydrogen-bond donors (Lipinski definition) is 1. The first-order valence-electron chi connectivity index (χ1n) is 13.9. The number of amides is 2. The van der Waals surface area contributed by atoms with Crippen LogP contribution in [-0.2, 0) is 22.6 Å². The first-order chi connectivity index (χ1) is 18.6. The van der Waals surface area contributed by atoms with Crippen molar-refractivity contribution in [3.63, 3.8) is 0 Å². The number of benzene rings is 2. The molecule has 3 aromatic rings. The molecule has 2 amide bonds. The van der Waals surface area contributed by atoms with Gasteiger partial charge in [0.15, 0.2) is 11.0 Å². The molecule has 1 N–H and O–H groups in total. The molecule has 196 valence electrons. The first kappa shape index (κ1) is 23.9. The van der Waals surface area contributed by atoms with Crippen LogP contribution in [0.25, 0.3) is 5.69 Å². The molecule has 0 unspecified atom stereocenters. The lowest BCUT2D eigenvalue weighted by atomic mass is 9.49. The average molecular weight is 528 g/mol. The highest BCUT2D eigenvalue weighted by atomic mass is 32.2. The molecular formula is C30H33N5O2S. The molecule has 7 nitrogen and oxygen atoms in total. The minimum atomic E-state index is -0.192. The predicted molar refractivity (Wildman–Crippen MR) is 147 cm³/mol. The zero-order chi connectivity index (χ0) is 25.7. The Balaban J connectivity index is 1.08. The van der Waals surface area contributed by atoms with Gasteiger partial charge in [0.05, 0.1) is 12.3 Å². The van der Waals surface area contributed by atoms with Crippen molar-refractivity contribution in [2.75, 3.05) is 17.2 Å². The van der Waals surface area contributed by atoms with Crippen molar-refractivity contribution in [2.24, 2.45) is 23.2 Å². The van der Waals surface area contributed by atoms with Crippen molar-refractivity contribution >= 4 is 29.3 Å². The summed E-state index contributed by atoms with van der Waals surface area (Å²) in [6.45, 7) is 1.04. The van der Waals surface area contributed by atoms with E-state index in [1.54, 1.807) is 0 Å². The highest BCUT2D eigenvalue weighted by molar-refractivity contribution is 7.99. The van der Waals surface area contributed by atoms with Gasteiger partial charge >= 0.3 is 0 Å². The second kappa shape index (κ2) is 9.56. The Hall–Kier alpha value is -3.13. The van der Waals surface area contributed by atoms with Crippen LogP contribution >= 0.6 is 11.8 Å². The summed E-state index contributed by atoms with van der Waals surface area (Å²) in [5.74, 6) is 3.40. The van der Waals surface area contributed by atoms with Gasteiger partial charge in [0.25, 0.3) is 0 Å². The summed E-state index contributed by atoms with van der Waals surface area (Å²) in [6.07, 6.45) is 7.96. The maximum Gasteiger partial charge on any atom is 0.237 e. The van der Waals surface area contributed by atoms with Crippen molar-refractivity contribution in [1.82, 2.24) is 20.1 Å². The summed E-state index contributed by atoms with van der Waals surface area (Å²) < 4.78 is 1.98. The van der Waals surface area contributed by atoms with E-state index in [4.69, 9.17) is 0 Å². The van der Waals surface area contributed by atoms with Crippen LogP contribution in [0.3, 0.4) is 0 Å². The highest BCUT2D eigenvalue weighted by Crippen LogP contribution is 2.60. The third kappa shape index (κ3) is 4.23. The van der Waals surface area contributed by atoms with Crippen molar-refractivity contribution in [3.05, 3.63) is 66.0 Å². The smallest absolute Gasteiger partial charge is 0.237 e. The summed E-state index contributed by atoms with van der Waals surface area (Å²) in [6, 6.07) is 18.1. The Kier molecular flexibility index (Phi) is 6.02. The number of thioether (sulfide) groups is 1. The van der Waals surface area contributed by atoms with Crippen LogP contribution in [0.4, 0.5) is 5.69 Å². The number of nitrogens with zero attached hydrogens (tertiary/aromatic N) is 4. The number of nitrogens with one attached hydrogen (secondary N) is 1. The summed E-state index contributed by atoms with van der Waals surface area (Å²) in [4.78, 5) is 28.6. The minimum absolute atomic E-state index is 0.0687. The largest absolute Gasteiger partial charge is 0.348 e. The second-order valence-corrected chi connectivity index (χ2v) is 12.6. The fourth-order valence-electron chi connectivity index (χ4n) is 7.88. The van der Waals surface area contributed by atoms with Gasteiger partial charge in [-0.05, 0) is 86.5 Å². The summed E-state index contributed by atoms with van der Waals surface area (Å²) >= 11 is 1.40. The third-order valence-corrected chi connectivity index (χ3v) is 10.1. The maximum absolute atomic E-state index is 13.6. The van der Waals surface area contributed by atoms with E-state index < -0.39 is 0 Å².